The predicted molar refractivity (Wildman–Crippen MR) is 75.2 cm³/mol. The van der Waals surface area contributed by atoms with E-state index >= 15 is 0 Å². The maximum Gasteiger partial charge on any atom is 0.130 e. The molecule has 96 valence electrons. The Morgan fingerprint density at radius 2 is 2.06 bits per heavy atom. The van der Waals surface area contributed by atoms with E-state index < -0.39 is 0 Å². The van der Waals surface area contributed by atoms with Crippen LogP contribution in [0.25, 0.3) is 0 Å². The van der Waals surface area contributed by atoms with Crippen LogP contribution in [0.2, 0.25) is 0 Å². The minimum absolute atomic E-state index is 0.222. The Bertz CT molecular complexity index is 368. The number of benzene rings is 1. The van der Waals surface area contributed by atoms with E-state index in [1.165, 1.54) is 6.07 Å². The van der Waals surface area contributed by atoms with Gasteiger partial charge >= 0.3 is 0 Å². The van der Waals surface area contributed by atoms with Crippen LogP contribution >= 0.6 is 11.8 Å². The summed E-state index contributed by atoms with van der Waals surface area (Å²) >= 11 is 1.78. The lowest BCUT2D eigenvalue weighted by molar-refractivity contribution is 0.590. The fourth-order valence-corrected chi connectivity index (χ4v) is 2.58. The van der Waals surface area contributed by atoms with Crippen molar-refractivity contribution in [2.24, 2.45) is 5.73 Å². The van der Waals surface area contributed by atoms with Crippen LogP contribution in [-0.2, 0) is 0 Å². The maximum atomic E-state index is 13.8. The summed E-state index contributed by atoms with van der Waals surface area (Å²) in [7, 11) is 1.99. The van der Waals surface area contributed by atoms with Gasteiger partial charge in [0.2, 0.25) is 0 Å². The van der Waals surface area contributed by atoms with E-state index in [-0.39, 0.29) is 11.9 Å². The lowest BCUT2D eigenvalue weighted by Gasteiger charge is -2.29. The molecule has 0 aliphatic rings. The van der Waals surface area contributed by atoms with Crippen molar-refractivity contribution >= 4 is 17.4 Å². The summed E-state index contributed by atoms with van der Waals surface area (Å²) in [6, 6.07) is 5.19. The van der Waals surface area contributed by atoms with Crippen molar-refractivity contribution in [2.45, 2.75) is 25.9 Å². The Balaban J connectivity index is 3.08. The number of anilines is 1. The van der Waals surface area contributed by atoms with E-state index in [2.05, 4.69) is 18.1 Å². The molecule has 1 aromatic carbocycles. The first kappa shape index (κ1) is 14.3. The number of hydrogen-bond acceptors (Lipinski definition) is 3. The smallest absolute Gasteiger partial charge is 0.130 e. The van der Waals surface area contributed by atoms with Crippen molar-refractivity contribution in [2.75, 3.05) is 24.0 Å². The highest BCUT2D eigenvalue weighted by molar-refractivity contribution is 7.98. The molecule has 2 atom stereocenters. The molecule has 1 rings (SSSR count). The fraction of sp³-hybridized carbons (Fsp3) is 0.538. The van der Waals surface area contributed by atoms with Crippen molar-refractivity contribution in [3.05, 3.63) is 29.6 Å². The highest BCUT2D eigenvalue weighted by Crippen LogP contribution is 2.28. The summed E-state index contributed by atoms with van der Waals surface area (Å²) in [6.07, 6.45) is 2.07. The molecule has 0 heterocycles. The highest BCUT2D eigenvalue weighted by Gasteiger charge is 2.18. The summed E-state index contributed by atoms with van der Waals surface area (Å²) < 4.78 is 13.8. The van der Waals surface area contributed by atoms with Gasteiger partial charge in [0, 0.05) is 36.1 Å². The van der Waals surface area contributed by atoms with Gasteiger partial charge in [0.15, 0.2) is 0 Å². The van der Waals surface area contributed by atoms with Crippen molar-refractivity contribution < 1.29 is 4.39 Å². The Labute approximate surface area is 107 Å². The Morgan fingerprint density at radius 3 is 2.59 bits per heavy atom. The first-order chi connectivity index (χ1) is 7.99. The van der Waals surface area contributed by atoms with Crippen LogP contribution in [0.5, 0.6) is 0 Å². The second-order valence-corrected chi connectivity index (χ2v) is 5.29. The van der Waals surface area contributed by atoms with Gasteiger partial charge in [-0.2, -0.15) is 11.8 Å². The number of nitrogens with zero attached hydrogens (tertiary/aromatic N) is 1. The van der Waals surface area contributed by atoms with Crippen molar-refractivity contribution in [1.82, 2.24) is 0 Å². The molecule has 4 heteroatoms. The molecule has 0 radical (unpaired) electrons. The van der Waals surface area contributed by atoms with Gasteiger partial charge in [-0.05, 0) is 32.2 Å². The first-order valence-electron chi connectivity index (χ1n) is 5.74. The molecular weight excluding hydrogens is 235 g/mol. The van der Waals surface area contributed by atoms with Gasteiger partial charge < -0.3 is 10.6 Å². The third-order valence-electron chi connectivity index (χ3n) is 2.93. The van der Waals surface area contributed by atoms with E-state index in [1.807, 2.05) is 20.0 Å². The topological polar surface area (TPSA) is 29.3 Å². The lowest BCUT2D eigenvalue weighted by atomic mass is 10.0. The molecule has 0 amide bonds. The molecule has 0 saturated carbocycles. The maximum absolute atomic E-state index is 13.8. The van der Waals surface area contributed by atoms with E-state index in [0.717, 1.165) is 11.4 Å². The first-order valence-corrected chi connectivity index (χ1v) is 7.14. The SMILES string of the molecule is CSCC(C)N(C)c1cccc(F)c1[C@@H](C)N. The molecule has 0 spiro atoms. The molecule has 1 aromatic rings. The number of rotatable bonds is 5. The molecule has 0 bridgehead atoms. The summed E-state index contributed by atoms with van der Waals surface area (Å²) in [6.45, 7) is 3.95. The summed E-state index contributed by atoms with van der Waals surface area (Å²) in [5.74, 6) is 0.784. The minimum atomic E-state index is -0.296. The van der Waals surface area contributed by atoms with E-state index in [9.17, 15) is 4.39 Å². The van der Waals surface area contributed by atoms with Gasteiger partial charge in [-0.1, -0.05) is 6.07 Å². The highest BCUT2D eigenvalue weighted by atomic mass is 32.2. The number of thioether (sulfide) groups is 1. The summed E-state index contributed by atoms with van der Waals surface area (Å²) in [5.41, 5.74) is 7.35. The van der Waals surface area contributed by atoms with Crippen molar-refractivity contribution in [3.63, 3.8) is 0 Å². The lowest BCUT2D eigenvalue weighted by Crippen LogP contribution is -2.32. The largest absolute Gasteiger partial charge is 0.371 e. The zero-order valence-corrected chi connectivity index (χ0v) is 11.7. The Kier molecular flexibility index (Phi) is 5.28. The van der Waals surface area contributed by atoms with E-state index in [1.54, 1.807) is 17.8 Å². The molecule has 0 aliphatic carbocycles. The molecule has 0 fully saturated rings. The third-order valence-corrected chi connectivity index (χ3v) is 3.75. The van der Waals surface area contributed by atoms with Crippen molar-refractivity contribution in [1.29, 1.82) is 0 Å². The average molecular weight is 256 g/mol. The zero-order valence-electron chi connectivity index (χ0n) is 10.9. The van der Waals surface area contributed by atoms with Crippen LogP contribution in [0.15, 0.2) is 18.2 Å². The van der Waals surface area contributed by atoms with E-state index in [4.69, 9.17) is 5.73 Å². The molecule has 1 unspecified atom stereocenters. The zero-order chi connectivity index (χ0) is 13.0. The monoisotopic (exact) mass is 256 g/mol. The second kappa shape index (κ2) is 6.26. The van der Waals surface area contributed by atoms with Crippen molar-refractivity contribution in [3.8, 4) is 0 Å². The van der Waals surface area contributed by atoms with Crippen LogP contribution in [0.1, 0.15) is 25.5 Å². The second-order valence-electron chi connectivity index (χ2n) is 4.38. The van der Waals surface area contributed by atoms with Crippen LogP contribution in [0.4, 0.5) is 10.1 Å². The van der Waals surface area contributed by atoms with Gasteiger partial charge in [-0.15, -0.1) is 0 Å². The van der Waals surface area contributed by atoms with Gasteiger partial charge in [-0.3, -0.25) is 0 Å². The van der Waals surface area contributed by atoms with Gasteiger partial charge in [0.1, 0.15) is 5.82 Å². The number of halogens is 1. The Morgan fingerprint density at radius 1 is 1.41 bits per heavy atom. The van der Waals surface area contributed by atoms with Gasteiger partial charge in [-0.25, -0.2) is 4.39 Å². The molecule has 2 N–H and O–H groups in total. The average Bonchev–Trinajstić information content (AvgIpc) is 2.27. The van der Waals surface area contributed by atoms with Crippen LogP contribution in [-0.4, -0.2) is 25.1 Å². The molecule has 0 aromatic heterocycles. The molecule has 0 saturated heterocycles. The Hall–Kier alpha value is -0.740. The summed E-state index contributed by atoms with van der Waals surface area (Å²) in [5, 5.41) is 0. The van der Waals surface area contributed by atoms with Gasteiger partial charge in [0.05, 0.1) is 0 Å². The van der Waals surface area contributed by atoms with Crippen LogP contribution in [0.3, 0.4) is 0 Å². The molecule has 2 nitrogen and oxygen atoms in total. The third kappa shape index (κ3) is 3.36. The predicted octanol–water partition coefficient (Wildman–Crippen LogP) is 3.03. The normalized spacial score (nSPS) is 14.5. The van der Waals surface area contributed by atoms with Crippen LogP contribution < -0.4 is 10.6 Å². The minimum Gasteiger partial charge on any atom is -0.371 e. The van der Waals surface area contributed by atoms with E-state index in [0.29, 0.717) is 11.6 Å². The molecule has 17 heavy (non-hydrogen) atoms. The number of hydrogen-bond donors (Lipinski definition) is 1. The standard InChI is InChI=1S/C13H21FN2S/c1-9(8-17-4)16(3)12-7-5-6-11(14)13(12)10(2)15/h5-7,9-10H,8,15H2,1-4H3/t9?,10-/m1/s1. The number of nitrogens with two attached hydrogens (primary N) is 1. The fourth-order valence-electron chi connectivity index (χ4n) is 1.87. The van der Waals surface area contributed by atoms with Gasteiger partial charge in [0.25, 0.3) is 0 Å². The molecular formula is C13H21FN2S. The summed E-state index contributed by atoms with van der Waals surface area (Å²) in [4.78, 5) is 2.10. The quantitative estimate of drug-likeness (QED) is 0.878. The molecule has 0 aliphatic heterocycles. The van der Waals surface area contributed by atoms with Crippen LogP contribution in [0, 0.1) is 5.82 Å².